The lowest BCUT2D eigenvalue weighted by atomic mass is 9.89. The molecule has 1 aromatic heterocycles. The third-order valence-electron chi connectivity index (χ3n) is 7.16. The average Bonchev–Trinajstić information content (AvgIpc) is 3.49. The molecule has 2 heterocycles. The molecule has 0 spiro atoms. The molecule has 3 atom stereocenters. The third kappa shape index (κ3) is 7.77. The molecule has 0 saturated carbocycles. The Morgan fingerprint density at radius 2 is 2.07 bits per heavy atom. The molecule has 3 unspecified atom stereocenters. The summed E-state index contributed by atoms with van der Waals surface area (Å²) < 4.78 is 20.1. The van der Waals surface area contributed by atoms with Gasteiger partial charge < -0.3 is 14.6 Å². The minimum Gasteiger partial charge on any atom is -0.466 e. The number of halogens is 1. The smallest absolute Gasteiger partial charge is 0.289 e. The number of carbonyl (C=O) groups is 1. The maximum atomic E-state index is 14.3. The zero-order valence-electron chi connectivity index (χ0n) is 25.6. The second-order valence-electron chi connectivity index (χ2n) is 10.2. The van der Waals surface area contributed by atoms with Crippen molar-refractivity contribution in [1.29, 1.82) is 0 Å². The van der Waals surface area contributed by atoms with Gasteiger partial charge in [0.2, 0.25) is 0 Å². The van der Waals surface area contributed by atoms with Crippen LogP contribution in [-0.2, 0) is 9.53 Å². The Hall–Kier alpha value is -4.15. The van der Waals surface area contributed by atoms with Crippen molar-refractivity contribution < 1.29 is 13.9 Å². The number of H-pyrrole nitrogens is 1. The number of benzene rings is 1. The molecule has 0 bridgehead atoms. The largest absolute Gasteiger partial charge is 0.466 e. The van der Waals surface area contributed by atoms with E-state index in [-0.39, 0.29) is 23.6 Å². The van der Waals surface area contributed by atoms with Gasteiger partial charge in [-0.2, -0.15) is 0 Å². The molecular weight excluding hydrogens is 527 g/mol. The molecule has 1 aliphatic heterocycles. The van der Waals surface area contributed by atoms with Gasteiger partial charge in [-0.3, -0.25) is 10.1 Å². The van der Waals surface area contributed by atoms with Crippen LogP contribution in [-0.4, -0.2) is 40.6 Å². The summed E-state index contributed by atoms with van der Waals surface area (Å²) in [4.78, 5) is 24.1. The molecule has 0 radical (unpaired) electrons. The summed E-state index contributed by atoms with van der Waals surface area (Å²) in [5, 5.41) is 3.13. The zero-order valence-corrected chi connectivity index (χ0v) is 25.6. The van der Waals surface area contributed by atoms with Crippen molar-refractivity contribution in [2.75, 3.05) is 13.6 Å². The summed E-state index contributed by atoms with van der Waals surface area (Å²) in [5.74, 6) is 6.03. The lowest BCUT2D eigenvalue weighted by Gasteiger charge is -2.39. The second kappa shape index (κ2) is 15.7. The van der Waals surface area contributed by atoms with Crippen molar-refractivity contribution in [1.82, 2.24) is 20.2 Å². The van der Waals surface area contributed by atoms with Crippen LogP contribution in [0, 0.1) is 11.8 Å². The first-order valence-corrected chi connectivity index (χ1v) is 14.6. The van der Waals surface area contributed by atoms with Crippen LogP contribution in [0.3, 0.4) is 0 Å². The molecule has 1 aromatic carbocycles. The number of hydrogen-bond donors (Lipinski definition) is 2. The van der Waals surface area contributed by atoms with Gasteiger partial charge in [0.25, 0.3) is 5.91 Å². The van der Waals surface area contributed by atoms with Crippen LogP contribution in [0.25, 0.3) is 6.08 Å². The molecule has 7 heteroatoms. The van der Waals surface area contributed by atoms with E-state index in [1.807, 2.05) is 56.9 Å². The van der Waals surface area contributed by atoms with Gasteiger partial charge in [-0.25, -0.2) is 9.37 Å². The summed E-state index contributed by atoms with van der Waals surface area (Å²) in [6.07, 6.45) is 11.1. The van der Waals surface area contributed by atoms with Crippen LogP contribution in [0.15, 0.2) is 84.2 Å². The number of allylic oxidation sites excluding steroid dienone is 5. The topological polar surface area (TPSA) is 70.2 Å². The maximum Gasteiger partial charge on any atom is 0.289 e. The Bertz CT molecular complexity index is 1440. The molecule has 42 heavy (non-hydrogen) atoms. The number of nitrogens with one attached hydrogen (secondary N) is 2. The number of aromatic nitrogens is 2. The average molecular weight is 571 g/mol. The van der Waals surface area contributed by atoms with Crippen molar-refractivity contribution in [2.45, 2.75) is 72.1 Å². The van der Waals surface area contributed by atoms with Crippen molar-refractivity contribution in [3.8, 4) is 11.8 Å². The van der Waals surface area contributed by atoms with Gasteiger partial charge in [0.05, 0.1) is 23.8 Å². The number of ether oxygens (including phenoxy) is 1. The fourth-order valence-electron chi connectivity index (χ4n) is 5.09. The lowest BCUT2D eigenvalue weighted by Crippen LogP contribution is -2.44. The monoisotopic (exact) mass is 570 g/mol. The fourth-order valence-corrected chi connectivity index (χ4v) is 5.09. The van der Waals surface area contributed by atoms with Gasteiger partial charge in [0, 0.05) is 24.4 Å². The second-order valence-corrected chi connectivity index (χ2v) is 10.2. The van der Waals surface area contributed by atoms with Crippen molar-refractivity contribution in [3.63, 3.8) is 0 Å². The first-order chi connectivity index (χ1) is 20.3. The highest BCUT2D eigenvalue weighted by Gasteiger charge is 2.39. The minimum absolute atomic E-state index is 0.0306. The Balaban J connectivity index is 2.05. The standard InChI is InChI=1S/C35H43FN4O2/c1-8-12-16-27-17-13-14-18-28(27)21-24(5)33-32-31(38-23-39-32)25(6)22-40(33)35(41)30(15-9-2)42-34(37-7)26(10-3)19-20-29(36)11-4/h11,13-15,17-21,23,25,33-34,37H,4,8-10,22H2,1-3,5-7H3,(H,38,39)/b24-21+,26-19+,29-20+,30-15+. The number of rotatable bonds is 11. The molecule has 1 amide bonds. The summed E-state index contributed by atoms with van der Waals surface area (Å²) >= 11 is 0. The van der Waals surface area contributed by atoms with E-state index >= 15 is 0 Å². The SMILES string of the molecule is C=C/C(F)=C\C=C(/CC)C(NC)O/C(=C/CC)C(=O)N1CC(C)c2nc[nH]c2C1/C(C)=C/c1ccccc1C#CCC. The van der Waals surface area contributed by atoms with Crippen LogP contribution in [0.1, 0.15) is 88.4 Å². The molecule has 2 aromatic rings. The van der Waals surface area contributed by atoms with Crippen LogP contribution in [0.2, 0.25) is 0 Å². The Kier molecular flexibility index (Phi) is 12.1. The molecule has 6 nitrogen and oxygen atoms in total. The number of amides is 1. The van der Waals surface area contributed by atoms with Gasteiger partial charge in [-0.05, 0) is 67.8 Å². The summed E-state index contributed by atoms with van der Waals surface area (Å²) in [6.45, 7) is 14.0. The number of aromatic amines is 1. The summed E-state index contributed by atoms with van der Waals surface area (Å²) in [5.41, 5.74) is 5.57. The van der Waals surface area contributed by atoms with E-state index in [9.17, 15) is 9.18 Å². The van der Waals surface area contributed by atoms with E-state index in [0.29, 0.717) is 19.4 Å². The first kappa shape index (κ1) is 32.4. The molecule has 0 fully saturated rings. The molecule has 2 N–H and O–H groups in total. The van der Waals surface area contributed by atoms with E-state index in [2.05, 4.69) is 46.7 Å². The normalized spacial score (nSPS) is 18.6. The van der Waals surface area contributed by atoms with E-state index in [1.165, 1.54) is 6.08 Å². The van der Waals surface area contributed by atoms with Gasteiger partial charge in [-0.15, -0.1) is 0 Å². The molecule has 1 aliphatic rings. The van der Waals surface area contributed by atoms with Crippen LogP contribution >= 0.6 is 0 Å². The number of fused-ring (bicyclic) bond motifs is 1. The van der Waals surface area contributed by atoms with E-state index in [0.717, 1.165) is 46.2 Å². The highest BCUT2D eigenvalue weighted by molar-refractivity contribution is 5.92. The summed E-state index contributed by atoms with van der Waals surface area (Å²) in [6, 6.07) is 7.65. The van der Waals surface area contributed by atoms with Crippen molar-refractivity contribution in [2.24, 2.45) is 0 Å². The molecule has 0 aliphatic carbocycles. The highest BCUT2D eigenvalue weighted by atomic mass is 19.1. The predicted octanol–water partition coefficient (Wildman–Crippen LogP) is 7.49. The molecule has 0 saturated heterocycles. The quantitative estimate of drug-likeness (QED) is 0.0965. The van der Waals surface area contributed by atoms with Gasteiger partial charge in [0.1, 0.15) is 5.83 Å². The summed E-state index contributed by atoms with van der Waals surface area (Å²) in [7, 11) is 1.75. The van der Waals surface area contributed by atoms with Crippen molar-refractivity contribution >= 4 is 12.0 Å². The van der Waals surface area contributed by atoms with Crippen LogP contribution in [0.5, 0.6) is 0 Å². The lowest BCUT2D eigenvalue weighted by molar-refractivity contribution is -0.134. The number of hydrogen-bond acceptors (Lipinski definition) is 4. The van der Waals surface area contributed by atoms with E-state index in [1.54, 1.807) is 25.5 Å². The molecule has 3 rings (SSSR count). The number of carbonyl (C=O) groups excluding carboxylic acids is 1. The van der Waals surface area contributed by atoms with E-state index < -0.39 is 12.1 Å². The number of likely N-dealkylation sites (N-methyl/N-ethyl adjacent to an activating group) is 1. The van der Waals surface area contributed by atoms with E-state index in [4.69, 9.17) is 4.74 Å². The van der Waals surface area contributed by atoms with Gasteiger partial charge >= 0.3 is 0 Å². The Labute approximate surface area is 250 Å². The third-order valence-corrected chi connectivity index (χ3v) is 7.16. The predicted molar refractivity (Wildman–Crippen MR) is 169 cm³/mol. The van der Waals surface area contributed by atoms with Gasteiger partial charge in [0.15, 0.2) is 12.0 Å². The van der Waals surface area contributed by atoms with Crippen LogP contribution in [0.4, 0.5) is 4.39 Å². The van der Waals surface area contributed by atoms with Gasteiger partial charge in [-0.1, -0.05) is 76.5 Å². The zero-order chi connectivity index (χ0) is 30.6. The fraction of sp³-hybridized carbons (Fsp3) is 0.371. The first-order valence-electron chi connectivity index (χ1n) is 14.6. The molecular formula is C35H43FN4O2. The Morgan fingerprint density at radius 3 is 2.74 bits per heavy atom. The minimum atomic E-state index is -0.616. The highest BCUT2D eigenvalue weighted by Crippen LogP contribution is 2.39. The maximum absolute atomic E-state index is 14.3. The number of nitrogens with zero attached hydrogens (tertiary/aromatic N) is 2. The molecule has 222 valence electrons. The number of imidazole rings is 1. The van der Waals surface area contributed by atoms with Crippen LogP contribution < -0.4 is 5.32 Å². The Morgan fingerprint density at radius 1 is 1.31 bits per heavy atom. The van der Waals surface area contributed by atoms with Crippen molar-refractivity contribution in [3.05, 3.63) is 107 Å².